The van der Waals surface area contributed by atoms with Gasteiger partial charge in [-0.2, -0.15) is 10.2 Å². The molecule has 1 aromatic heterocycles. The first-order chi connectivity index (χ1) is 18.3. The SMILES string of the molecule is CC(C)Oc1ccc(-c2nc(-c3cccc4c3CC[C@H]4NS(=O)(=O)CCN3CCNCC3)no2)cc1C#N. The average molecular weight is 537 g/mol. The van der Waals surface area contributed by atoms with Crippen molar-refractivity contribution in [3.05, 3.63) is 53.1 Å². The number of rotatable bonds is 9. The molecule has 1 atom stereocenters. The van der Waals surface area contributed by atoms with Crippen molar-refractivity contribution in [2.45, 2.75) is 38.8 Å². The molecule has 11 heteroatoms. The summed E-state index contributed by atoms with van der Waals surface area (Å²) in [5, 5.41) is 17.0. The summed E-state index contributed by atoms with van der Waals surface area (Å²) in [6, 6.07) is 12.9. The van der Waals surface area contributed by atoms with Crippen LogP contribution in [-0.2, 0) is 16.4 Å². The van der Waals surface area contributed by atoms with Crippen molar-refractivity contribution >= 4 is 10.0 Å². The molecule has 0 bridgehead atoms. The van der Waals surface area contributed by atoms with E-state index in [-0.39, 0.29) is 17.9 Å². The number of benzene rings is 2. The first-order valence-corrected chi connectivity index (χ1v) is 14.6. The van der Waals surface area contributed by atoms with E-state index in [0.29, 0.717) is 48.0 Å². The molecule has 0 amide bonds. The molecule has 38 heavy (non-hydrogen) atoms. The van der Waals surface area contributed by atoms with Gasteiger partial charge in [-0.3, -0.25) is 4.90 Å². The van der Waals surface area contributed by atoms with E-state index in [1.54, 1.807) is 18.2 Å². The summed E-state index contributed by atoms with van der Waals surface area (Å²) in [6.45, 7) is 7.85. The third-order valence-corrected chi connectivity index (χ3v) is 8.22. The molecule has 1 saturated heterocycles. The van der Waals surface area contributed by atoms with Gasteiger partial charge in [0.2, 0.25) is 15.8 Å². The van der Waals surface area contributed by atoms with Crippen molar-refractivity contribution in [3.63, 3.8) is 0 Å². The van der Waals surface area contributed by atoms with E-state index in [9.17, 15) is 13.7 Å². The van der Waals surface area contributed by atoms with Crippen molar-refractivity contribution in [1.29, 1.82) is 5.26 Å². The number of nitriles is 1. The second-order valence-electron chi connectivity index (χ2n) is 9.91. The Kier molecular flexibility index (Phi) is 7.76. The molecule has 2 N–H and O–H groups in total. The Bertz CT molecular complexity index is 1440. The van der Waals surface area contributed by atoms with E-state index < -0.39 is 10.0 Å². The third-order valence-electron chi connectivity index (χ3n) is 6.85. The van der Waals surface area contributed by atoms with Gasteiger partial charge < -0.3 is 14.6 Å². The smallest absolute Gasteiger partial charge is 0.258 e. The van der Waals surface area contributed by atoms with Crippen molar-refractivity contribution in [3.8, 4) is 34.7 Å². The Morgan fingerprint density at radius 2 is 2.08 bits per heavy atom. The molecule has 0 saturated carbocycles. The van der Waals surface area contributed by atoms with Crippen LogP contribution < -0.4 is 14.8 Å². The van der Waals surface area contributed by atoms with Gasteiger partial charge in [-0.1, -0.05) is 23.4 Å². The summed E-state index contributed by atoms with van der Waals surface area (Å²) in [6.07, 6.45) is 1.33. The van der Waals surface area contributed by atoms with Crippen LogP contribution >= 0.6 is 0 Å². The van der Waals surface area contributed by atoms with E-state index in [2.05, 4.69) is 31.1 Å². The Hall–Kier alpha value is -3.30. The van der Waals surface area contributed by atoms with Crippen molar-refractivity contribution < 1.29 is 17.7 Å². The Morgan fingerprint density at radius 1 is 1.26 bits per heavy atom. The molecule has 1 aliphatic carbocycles. The number of piperazine rings is 1. The zero-order valence-electron chi connectivity index (χ0n) is 21.6. The number of hydrogen-bond acceptors (Lipinski definition) is 9. The highest BCUT2D eigenvalue weighted by atomic mass is 32.2. The number of nitrogens with zero attached hydrogens (tertiary/aromatic N) is 4. The van der Waals surface area contributed by atoms with Crippen LogP contribution in [0.25, 0.3) is 22.8 Å². The van der Waals surface area contributed by atoms with Gasteiger partial charge in [-0.25, -0.2) is 13.1 Å². The van der Waals surface area contributed by atoms with Crippen molar-refractivity contribution in [2.75, 3.05) is 38.5 Å². The molecule has 0 unspecified atom stereocenters. The third kappa shape index (κ3) is 5.89. The number of fused-ring (bicyclic) bond motifs is 1. The van der Waals surface area contributed by atoms with Crippen LogP contribution in [0.3, 0.4) is 0 Å². The molecular weight excluding hydrogens is 504 g/mol. The Morgan fingerprint density at radius 3 is 2.84 bits per heavy atom. The van der Waals surface area contributed by atoms with E-state index in [1.807, 2.05) is 32.0 Å². The molecule has 2 aromatic carbocycles. The number of sulfonamides is 1. The van der Waals surface area contributed by atoms with Gasteiger partial charge in [-0.05, 0) is 56.0 Å². The Labute approximate surface area is 223 Å². The lowest BCUT2D eigenvalue weighted by atomic mass is 10.0. The zero-order chi connectivity index (χ0) is 26.7. The summed E-state index contributed by atoms with van der Waals surface area (Å²) < 4.78 is 39.9. The van der Waals surface area contributed by atoms with E-state index in [1.165, 1.54) is 0 Å². The maximum absolute atomic E-state index is 12.9. The maximum Gasteiger partial charge on any atom is 0.258 e. The highest BCUT2D eigenvalue weighted by molar-refractivity contribution is 7.89. The predicted molar refractivity (Wildman–Crippen MR) is 143 cm³/mol. The summed E-state index contributed by atoms with van der Waals surface area (Å²) in [5.74, 6) is 1.32. The van der Waals surface area contributed by atoms with Crippen molar-refractivity contribution in [2.24, 2.45) is 0 Å². The molecule has 2 aliphatic rings. The molecule has 200 valence electrons. The first-order valence-electron chi connectivity index (χ1n) is 12.9. The minimum absolute atomic E-state index is 0.0522. The maximum atomic E-state index is 12.9. The van der Waals surface area contributed by atoms with Gasteiger partial charge in [-0.15, -0.1) is 0 Å². The normalized spacial score (nSPS) is 17.9. The summed E-state index contributed by atoms with van der Waals surface area (Å²) >= 11 is 0. The van der Waals surface area contributed by atoms with Crippen LogP contribution in [0.5, 0.6) is 5.75 Å². The minimum Gasteiger partial charge on any atom is -0.490 e. The predicted octanol–water partition coefficient (Wildman–Crippen LogP) is 2.87. The van der Waals surface area contributed by atoms with Crippen LogP contribution in [0.1, 0.15) is 43.0 Å². The fourth-order valence-corrected chi connectivity index (χ4v) is 6.30. The van der Waals surface area contributed by atoms with Crippen LogP contribution in [0.15, 0.2) is 40.9 Å². The molecule has 5 rings (SSSR count). The lowest BCUT2D eigenvalue weighted by Crippen LogP contribution is -2.46. The fourth-order valence-electron chi connectivity index (χ4n) is 5.00. The van der Waals surface area contributed by atoms with E-state index in [0.717, 1.165) is 42.9 Å². The van der Waals surface area contributed by atoms with Crippen LogP contribution in [-0.4, -0.2) is 68.0 Å². The molecule has 1 aliphatic heterocycles. The number of ether oxygens (including phenoxy) is 1. The van der Waals surface area contributed by atoms with Gasteiger partial charge in [0.25, 0.3) is 5.89 Å². The van der Waals surface area contributed by atoms with Gasteiger partial charge in [0.05, 0.1) is 17.4 Å². The highest BCUT2D eigenvalue weighted by Crippen LogP contribution is 2.38. The number of hydrogen-bond donors (Lipinski definition) is 2. The highest BCUT2D eigenvalue weighted by Gasteiger charge is 2.30. The van der Waals surface area contributed by atoms with Crippen LogP contribution in [0.4, 0.5) is 0 Å². The molecule has 10 nitrogen and oxygen atoms in total. The van der Waals surface area contributed by atoms with Crippen LogP contribution in [0.2, 0.25) is 0 Å². The monoisotopic (exact) mass is 536 g/mol. The molecule has 1 fully saturated rings. The molecule has 0 radical (unpaired) electrons. The molecule has 0 spiro atoms. The second kappa shape index (κ2) is 11.2. The quantitative estimate of drug-likeness (QED) is 0.423. The second-order valence-corrected chi connectivity index (χ2v) is 11.8. The largest absolute Gasteiger partial charge is 0.490 e. The number of nitrogens with one attached hydrogen (secondary N) is 2. The van der Waals surface area contributed by atoms with E-state index in [4.69, 9.17) is 9.26 Å². The molecular formula is C27H32N6O4S. The fraction of sp³-hybridized carbons (Fsp3) is 0.444. The first kappa shape index (κ1) is 26.3. The summed E-state index contributed by atoms with van der Waals surface area (Å²) in [7, 11) is -3.43. The summed E-state index contributed by atoms with van der Waals surface area (Å²) in [4.78, 5) is 6.77. The molecule has 2 heterocycles. The topological polar surface area (TPSA) is 133 Å². The average Bonchev–Trinajstić information content (AvgIpc) is 3.56. The van der Waals surface area contributed by atoms with Gasteiger partial charge in [0.1, 0.15) is 11.8 Å². The van der Waals surface area contributed by atoms with Gasteiger partial charge in [0, 0.05) is 49.9 Å². The van der Waals surface area contributed by atoms with Crippen molar-refractivity contribution in [1.82, 2.24) is 25.1 Å². The minimum atomic E-state index is -3.43. The van der Waals surface area contributed by atoms with Gasteiger partial charge in [0.15, 0.2) is 0 Å². The molecule has 3 aromatic rings. The summed E-state index contributed by atoms with van der Waals surface area (Å²) in [5.41, 5.74) is 3.80. The Balaban J connectivity index is 1.32. The number of aromatic nitrogens is 2. The lowest BCUT2D eigenvalue weighted by molar-refractivity contribution is 0.241. The van der Waals surface area contributed by atoms with Crippen LogP contribution in [0, 0.1) is 11.3 Å². The van der Waals surface area contributed by atoms with Gasteiger partial charge >= 0.3 is 0 Å². The van der Waals surface area contributed by atoms with E-state index >= 15 is 0 Å². The lowest BCUT2D eigenvalue weighted by Gasteiger charge is -2.27. The standard InChI is InChI=1S/C27H32N6O4S/c1-18(2)36-25-9-6-19(16-20(25)17-28)27-30-26(31-37-27)23-5-3-4-22-21(23)7-8-24(22)32-38(34,35)15-14-33-12-10-29-11-13-33/h3-6,9,16,18,24,29,32H,7-8,10-15H2,1-2H3/t24-/m1/s1. The zero-order valence-corrected chi connectivity index (χ0v) is 22.4.